The third-order valence-corrected chi connectivity index (χ3v) is 3.35. The van der Waals surface area contributed by atoms with Gasteiger partial charge in [-0.05, 0) is 33.4 Å². The Hall–Kier alpha value is -0.740. The number of benzene rings is 1. The zero-order valence-electron chi connectivity index (χ0n) is 6.87. The number of aromatic hydroxyl groups is 1. The molecule has 2 rings (SSSR count). The molecule has 0 saturated heterocycles. The van der Waals surface area contributed by atoms with E-state index in [1.54, 1.807) is 13.2 Å². The molecule has 4 heteroatoms. The van der Waals surface area contributed by atoms with E-state index in [0.29, 0.717) is 0 Å². The highest BCUT2D eigenvalue weighted by molar-refractivity contribution is 9.10. The third-order valence-electron chi connectivity index (χ3n) is 1.83. The van der Waals surface area contributed by atoms with Gasteiger partial charge in [-0.25, -0.2) is 0 Å². The summed E-state index contributed by atoms with van der Waals surface area (Å²) in [7, 11) is 1.62. The molecule has 1 aromatic carbocycles. The molecule has 2 aromatic rings. The summed E-state index contributed by atoms with van der Waals surface area (Å²) in [5, 5.41) is 12.5. The number of phenols is 1. The predicted molar refractivity (Wildman–Crippen MR) is 57.7 cm³/mol. The van der Waals surface area contributed by atoms with Crippen LogP contribution in [-0.2, 0) is 0 Å². The Morgan fingerprint density at radius 2 is 2.31 bits per heavy atom. The van der Waals surface area contributed by atoms with Crippen LogP contribution in [0.15, 0.2) is 22.0 Å². The van der Waals surface area contributed by atoms with E-state index in [0.717, 1.165) is 20.3 Å². The molecule has 13 heavy (non-hydrogen) atoms. The minimum Gasteiger partial charge on any atom is -0.506 e. The molecule has 0 aliphatic heterocycles. The molecule has 0 atom stereocenters. The first kappa shape index (κ1) is 8.84. The molecule has 0 bridgehead atoms. The standard InChI is InChI=1S/C9H7BrO2S/c1-12-8-5-2-3-13-9(5)7(11)4-6(8)10/h2-4,11H,1H3. The number of thiophene rings is 1. The highest BCUT2D eigenvalue weighted by Gasteiger charge is 2.10. The van der Waals surface area contributed by atoms with Crippen molar-refractivity contribution in [2.24, 2.45) is 0 Å². The normalized spacial score (nSPS) is 10.6. The SMILES string of the molecule is COc1c(Br)cc(O)c2sccc12. The van der Waals surface area contributed by atoms with Crippen LogP contribution < -0.4 is 4.74 Å². The summed E-state index contributed by atoms with van der Waals surface area (Å²) < 4.78 is 6.86. The number of ether oxygens (including phenoxy) is 1. The summed E-state index contributed by atoms with van der Waals surface area (Å²) >= 11 is 4.83. The van der Waals surface area contributed by atoms with Crippen LogP contribution in [0.1, 0.15) is 0 Å². The van der Waals surface area contributed by atoms with E-state index < -0.39 is 0 Å². The predicted octanol–water partition coefficient (Wildman–Crippen LogP) is 3.38. The van der Waals surface area contributed by atoms with E-state index in [4.69, 9.17) is 4.74 Å². The summed E-state index contributed by atoms with van der Waals surface area (Å²) in [6, 6.07) is 3.58. The molecular weight excluding hydrogens is 252 g/mol. The molecule has 1 heterocycles. The Bertz CT molecular complexity index is 450. The minimum atomic E-state index is 0.290. The number of hydrogen-bond acceptors (Lipinski definition) is 3. The summed E-state index contributed by atoms with van der Waals surface area (Å²) in [5.41, 5.74) is 0. The van der Waals surface area contributed by atoms with Gasteiger partial charge >= 0.3 is 0 Å². The van der Waals surface area contributed by atoms with Crippen molar-refractivity contribution in [2.45, 2.75) is 0 Å². The van der Waals surface area contributed by atoms with Crippen molar-refractivity contribution in [3.63, 3.8) is 0 Å². The lowest BCUT2D eigenvalue weighted by Gasteiger charge is -2.05. The Morgan fingerprint density at radius 3 is 3.00 bits per heavy atom. The molecule has 0 saturated carbocycles. The van der Waals surface area contributed by atoms with Crippen molar-refractivity contribution in [3.8, 4) is 11.5 Å². The second-order valence-corrected chi connectivity index (χ2v) is 4.34. The van der Waals surface area contributed by atoms with Crippen molar-refractivity contribution in [3.05, 3.63) is 22.0 Å². The fraction of sp³-hybridized carbons (Fsp3) is 0.111. The zero-order chi connectivity index (χ0) is 9.42. The van der Waals surface area contributed by atoms with Crippen molar-refractivity contribution in [2.75, 3.05) is 7.11 Å². The summed E-state index contributed by atoms with van der Waals surface area (Å²) in [6.45, 7) is 0. The summed E-state index contributed by atoms with van der Waals surface area (Å²) in [6.07, 6.45) is 0. The maximum Gasteiger partial charge on any atom is 0.141 e. The van der Waals surface area contributed by atoms with Crippen LogP contribution in [0, 0.1) is 0 Å². The third kappa shape index (κ3) is 1.30. The second-order valence-electron chi connectivity index (χ2n) is 2.57. The maximum absolute atomic E-state index is 9.59. The van der Waals surface area contributed by atoms with E-state index in [2.05, 4.69) is 15.9 Å². The lowest BCUT2D eigenvalue weighted by molar-refractivity contribution is 0.415. The minimum absolute atomic E-state index is 0.290. The van der Waals surface area contributed by atoms with Gasteiger partial charge in [0.25, 0.3) is 0 Å². The molecule has 2 nitrogen and oxygen atoms in total. The monoisotopic (exact) mass is 258 g/mol. The van der Waals surface area contributed by atoms with Gasteiger partial charge in [-0.1, -0.05) is 0 Å². The fourth-order valence-electron chi connectivity index (χ4n) is 1.27. The fourth-order valence-corrected chi connectivity index (χ4v) is 2.67. The first-order valence-corrected chi connectivity index (χ1v) is 5.34. The highest BCUT2D eigenvalue weighted by Crippen LogP contribution is 2.41. The molecule has 0 aliphatic carbocycles. The zero-order valence-corrected chi connectivity index (χ0v) is 9.28. The topological polar surface area (TPSA) is 29.5 Å². The van der Waals surface area contributed by atoms with Gasteiger partial charge in [-0.3, -0.25) is 0 Å². The van der Waals surface area contributed by atoms with Crippen molar-refractivity contribution < 1.29 is 9.84 Å². The molecule has 0 aliphatic rings. The smallest absolute Gasteiger partial charge is 0.141 e. The Kier molecular flexibility index (Phi) is 2.17. The van der Waals surface area contributed by atoms with Crippen LogP contribution in [0.3, 0.4) is 0 Å². The van der Waals surface area contributed by atoms with Crippen LogP contribution in [-0.4, -0.2) is 12.2 Å². The molecule has 1 N–H and O–H groups in total. The van der Waals surface area contributed by atoms with Gasteiger partial charge in [0.1, 0.15) is 11.5 Å². The van der Waals surface area contributed by atoms with E-state index in [9.17, 15) is 5.11 Å². The van der Waals surface area contributed by atoms with Crippen LogP contribution >= 0.6 is 27.3 Å². The van der Waals surface area contributed by atoms with Gasteiger partial charge in [-0.2, -0.15) is 0 Å². The Labute approximate surface area is 87.9 Å². The van der Waals surface area contributed by atoms with Crippen LogP contribution in [0.25, 0.3) is 10.1 Å². The lowest BCUT2D eigenvalue weighted by atomic mass is 10.2. The molecule has 0 amide bonds. The average molecular weight is 259 g/mol. The molecule has 0 spiro atoms. The van der Waals surface area contributed by atoms with Gasteiger partial charge in [0, 0.05) is 5.39 Å². The molecular formula is C9H7BrO2S. The quantitative estimate of drug-likeness (QED) is 0.850. The van der Waals surface area contributed by atoms with Crippen LogP contribution in [0.2, 0.25) is 0 Å². The Balaban J connectivity index is 2.88. The van der Waals surface area contributed by atoms with E-state index >= 15 is 0 Å². The molecule has 1 aromatic heterocycles. The van der Waals surface area contributed by atoms with Crippen LogP contribution in [0.5, 0.6) is 11.5 Å². The number of hydrogen-bond donors (Lipinski definition) is 1. The second kappa shape index (κ2) is 3.20. The first-order chi connectivity index (χ1) is 6.24. The van der Waals surface area contributed by atoms with Crippen molar-refractivity contribution in [1.82, 2.24) is 0 Å². The number of halogens is 1. The van der Waals surface area contributed by atoms with Gasteiger partial charge in [-0.15, -0.1) is 11.3 Å². The highest BCUT2D eigenvalue weighted by atomic mass is 79.9. The number of rotatable bonds is 1. The molecule has 0 fully saturated rings. The first-order valence-electron chi connectivity index (χ1n) is 3.66. The van der Waals surface area contributed by atoms with Gasteiger partial charge in [0.2, 0.25) is 0 Å². The Morgan fingerprint density at radius 1 is 1.54 bits per heavy atom. The summed E-state index contributed by atoms with van der Waals surface area (Å²) in [5.74, 6) is 1.06. The largest absolute Gasteiger partial charge is 0.506 e. The average Bonchev–Trinajstić information content (AvgIpc) is 2.53. The van der Waals surface area contributed by atoms with Crippen LogP contribution in [0.4, 0.5) is 0 Å². The summed E-state index contributed by atoms with van der Waals surface area (Å²) in [4.78, 5) is 0. The number of methoxy groups -OCH3 is 1. The van der Waals surface area contributed by atoms with E-state index in [1.807, 2.05) is 11.4 Å². The van der Waals surface area contributed by atoms with Gasteiger partial charge in [0.05, 0.1) is 16.3 Å². The van der Waals surface area contributed by atoms with E-state index in [-0.39, 0.29) is 5.75 Å². The number of phenolic OH excluding ortho intramolecular Hbond substituents is 1. The number of fused-ring (bicyclic) bond motifs is 1. The van der Waals surface area contributed by atoms with Gasteiger partial charge in [0.15, 0.2) is 0 Å². The van der Waals surface area contributed by atoms with Crippen molar-refractivity contribution >= 4 is 37.4 Å². The van der Waals surface area contributed by atoms with Crippen molar-refractivity contribution in [1.29, 1.82) is 0 Å². The molecule has 0 unspecified atom stereocenters. The maximum atomic E-state index is 9.59. The van der Waals surface area contributed by atoms with E-state index in [1.165, 1.54) is 11.3 Å². The van der Waals surface area contributed by atoms with Gasteiger partial charge < -0.3 is 9.84 Å². The molecule has 0 radical (unpaired) electrons. The lowest BCUT2D eigenvalue weighted by Crippen LogP contribution is -1.84. The molecule has 68 valence electrons.